The summed E-state index contributed by atoms with van der Waals surface area (Å²) < 4.78 is 10.7. The van der Waals surface area contributed by atoms with E-state index in [0.29, 0.717) is 19.6 Å². The fourth-order valence-corrected chi connectivity index (χ4v) is 3.50. The van der Waals surface area contributed by atoms with Crippen LogP contribution in [0.3, 0.4) is 0 Å². The molecule has 0 rings (SSSR count). The minimum Gasteiger partial charge on any atom is -0.466 e. The number of carbonyl (C=O) groups excluding carboxylic acids is 2. The Balaban J connectivity index is 3.71. The van der Waals surface area contributed by atoms with Crippen molar-refractivity contribution in [2.75, 3.05) is 13.2 Å². The second-order valence-corrected chi connectivity index (χ2v) is 9.60. The predicted octanol–water partition coefficient (Wildman–Crippen LogP) is 7.48. The van der Waals surface area contributed by atoms with Crippen molar-refractivity contribution in [2.45, 2.75) is 125 Å². The summed E-state index contributed by atoms with van der Waals surface area (Å²) in [5.74, 6) is 0.662. The highest BCUT2D eigenvalue weighted by molar-refractivity contribution is 5.79. The Bertz CT molecular complexity index is 417. The van der Waals surface area contributed by atoms with E-state index in [1.54, 1.807) is 0 Å². The molecule has 1 atom stereocenters. The maximum absolute atomic E-state index is 12.2. The average molecular weight is 427 g/mol. The Morgan fingerprint density at radius 2 is 1.07 bits per heavy atom. The average Bonchev–Trinajstić information content (AvgIpc) is 2.69. The zero-order valence-corrected chi connectivity index (χ0v) is 20.7. The summed E-state index contributed by atoms with van der Waals surface area (Å²) in [5, 5.41) is 0. The first-order chi connectivity index (χ1) is 14.4. The van der Waals surface area contributed by atoms with Gasteiger partial charge in [-0.25, -0.2) is 0 Å². The maximum Gasteiger partial charge on any atom is 0.309 e. The lowest BCUT2D eigenvalue weighted by atomic mass is 10.0. The molecule has 0 saturated heterocycles. The Labute approximate surface area is 186 Å². The van der Waals surface area contributed by atoms with E-state index in [2.05, 4.69) is 27.7 Å². The Morgan fingerprint density at radius 3 is 1.53 bits per heavy atom. The molecule has 0 aromatic carbocycles. The van der Waals surface area contributed by atoms with Crippen molar-refractivity contribution < 1.29 is 19.1 Å². The van der Waals surface area contributed by atoms with Crippen molar-refractivity contribution in [1.82, 2.24) is 0 Å². The Morgan fingerprint density at radius 1 is 0.633 bits per heavy atom. The molecule has 0 saturated carbocycles. The van der Waals surface area contributed by atoms with Crippen LogP contribution in [0.2, 0.25) is 0 Å². The van der Waals surface area contributed by atoms with Crippen molar-refractivity contribution in [3.05, 3.63) is 0 Å². The third kappa shape index (κ3) is 18.9. The van der Waals surface area contributed by atoms with Gasteiger partial charge in [-0.3, -0.25) is 9.59 Å². The van der Waals surface area contributed by atoms with Gasteiger partial charge in [0.1, 0.15) is 0 Å². The lowest BCUT2D eigenvalue weighted by molar-refractivity contribution is -0.155. The van der Waals surface area contributed by atoms with Crippen LogP contribution >= 0.6 is 0 Å². The van der Waals surface area contributed by atoms with Crippen LogP contribution in [-0.4, -0.2) is 25.2 Å². The standard InChI is InChI=1S/C26H50O4/c1-6-24(26(28)30-20-16-12-8-10-14-18-23(4)5)21-25(27)29-19-15-11-7-9-13-17-22(2)3/h22-24H,6-21H2,1-5H3. The number of unbranched alkanes of at least 4 members (excludes halogenated alkanes) is 8. The van der Waals surface area contributed by atoms with E-state index in [9.17, 15) is 9.59 Å². The van der Waals surface area contributed by atoms with Gasteiger partial charge in [0.25, 0.3) is 0 Å². The molecule has 0 heterocycles. The minimum absolute atomic E-state index is 0.138. The lowest BCUT2D eigenvalue weighted by Gasteiger charge is -2.14. The number of hydrogen-bond acceptors (Lipinski definition) is 4. The molecule has 0 amide bonds. The van der Waals surface area contributed by atoms with Crippen LogP contribution in [0.5, 0.6) is 0 Å². The molecule has 0 bridgehead atoms. The smallest absolute Gasteiger partial charge is 0.309 e. The molecule has 30 heavy (non-hydrogen) atoms. The van der Waals surface area contributed by atoms with E-state index in [-0.39, 0.29) is 24.3 Å². The second-order valence-electron chi connectivity index (χ2n) is 9.60. The van der Waals surface area contributed by atoms with Crippen molar-refractivity contribution in [3.63, 3.8) is 0 Å². The van der Waals surface area contributed by atoms with Crippen LogP contribution in [0.1, 0.15) is 125 Å². The van der Waals surface area contributed by atoms with Gasteiger partial charge in [0.05, 0.1) is 25.6 Å². The summed E-state index contributed by atoms with van der Waals surface area (Å²) in [6.45, 7) is 11.9. The highest BCUT2D eigenvalue weighted by Gasteiger charge is 2.22. The van der Waals surface area contributed by atoms with Gasteiger partial charge in [-0.15, -0.1) is 0 Å². The molecule has 0 spiro atoms. The molecule has 0 aliphatic rings. The largest absolute Gasteiger partial charge is 0.466 e. The molecule has 0 aromatic rings. The molecule has 0 aliphatic carbocycles. The van der Waals surface area contributed by atoms with Gasteiger partial charge in [0.15, 0.2) is 0 Å². The van der Waals surface area contributed by atoms with E-state index in [1.165, 1.54) is 51.4 Å². The van der Waals surface area contributed by atoms with Crippen LogP contribution in [0.4, 0.5) is 0 Å². The highest BCUT2D eigenvalue weighted by atomic mass is 16.5. The van der Waals surface area contributed by atoms with Gasteiger partial charge in [0, 0.05) is 0 Å². The topological polar surface area (TPSA) is 52.6 Å². The van der Waals surface area contributed by atoms with Gasteiger partial charge >= 0.3 is 11.9 Å². The molecular weight excluding hydrogens is 376 g/mol. The first kappa shape index (κ1) is 28.9. The lowest BCUT2D eigenvalue weighted by Crippen LogP contribution is -2.22. The summed E-state index contributed by atoms with van der Waals surface area (Å²) in [7, 11) is 0. The van der Waals surface area contributed by atoms with Gasteiger partial charge < -0.3 is 9.47 Å². The van der Waals surface area contributed by atoms with Crippen molar-refractivity contribution in [2.24, 2.45) is 17.8 Å². The molecule has 4 heteroatoms. The number of esters is 2. The SMILES string of the molecule is CCC(CC(=O)OCCCCCCCC(C)C)C(=O)OCCCCCCCC(C)C. The highest BCUT2D eigenvalue weighted by Crippen LogP contribution is 2.14. The summed E-state index contributed by atoms with van der Waals surface area (Å²) in [6.07, 6.45) is 14.8. The zero-order chi connectivity index (χ0) is 22.6. The fraction of sp³-hybridized carbons (Fsp3) is 0.923. The number of rotatable bonds is 20. The molecule has 0 radical (unpaired) electrons. The zero-order valence-electron chi connectivity index (χ0n) is 20.7. The van der Waals surface area contributed by atoms with E-state index in [0.717, 1.165) is 37.5 Å². The van der Waals surface area contributed by atoms with E-state index >= 15 is 0 Å². The van der Waals surface area contributed by atoms with Crippen LogP contribution in [0, 0.1) is 17.8 Å². The molecule has 1 unspecified atom stereocenters. The predicted molar refractivity (Wildman–Crippen MR) is 125 cm³/mol. The second kappa shape index (κ2) is 19.9. The third-order valence-electron chi connectivity index (χ3n) is 5.60. The normalized spacial score (nSPS) is 12.4. The van der Waals surface area contributed by atoms with E-state index < -0.39 is 0 Å². The van der Waals surface area contributed by atoms with Crippen molar-refractivity contribution in [1.29, 1.82) is 0 Å². The van der Waals surface area contributed by atoms with Crippen LogP contribution < -0.4 is 0 Å². The van der Waals surface area contributed by atoms with Crippen molar-refractivity contribution >= 4 is 11.9 Å². The van der Waals surface area contributed by atoms with Gasteiger partial charge in [-0.05, 0) is 31.1 Å². The quantitative estimate of drug-likeness (QED) is 0.149. The number of hydrogen-bond donors (Lipinski definition) is 0. The monoisotopic (exact) mass is 426 g/mol. The molecule has 178 valence electrons. The first-order valence-electron chi connectivity index (χ1n) is 12.7. The molecule has 0 aromatic heterocycles. The molecule has 4 nitrogen and oxygen atoms in total. The van der Waals surface area contributed by atoms with Crippen LogP contribution in [0.25, 0.3) is 0 Å². The van der Waals surface area contributed by atoms with Crippen LogP contribution in [0.15, 0.2) is 0 Å². The molecule has 0 aliphatic heterocycles. The van der Waals surface area contributed by atoms with Crippen LogP contribution in [-0.2, 0) is 19.1 Å². The third-order valence-corrected chi connectivity index (χ3v) is 5.60. The Kier molecular flexibility index (Phi) is 19.2. The van der Waals surface area contributed by atoms with E-state index in [1.807, 2.05) is 6.92 Å². The van der Waals surface area contributed by atoms with Gasteiger partial charge in [-0.2, -0.15) is 0 Å². The summed E-state index contributed by atoms with van der Waals surface area (Å²) in [5.41, 5.74) is 0. The fourth-order valence-electron chi connectivity index (χ4n) is 3.50. The number of carbonyl (C=O) groups is 2. The van der Waals surface area contributed by atoms with E-state index in [4.69, 9.17) is 9.47 Å². The summed E-state index contributed by atoms with van der Waals surface area (Å²) in [4.78, 5) is 24.2. The Hall–Kier alpha value is -1.06. The summed E-state index contributed by atoms with van der Waals surface area (Å²) >= 11 is 0. The first-order valence-corrected chi connectivity index (χ1v) is 12.7. The maximum atomic E-state index is 12.2. The van der Waals surface area contributed by atoms with Crippen molar-refractivity contribution in [3.8, 4) is 0 Å². The number of ether oxygens (including phenoxy) is 2. The minimum atomic E-state index is -0.375. The molecule has 0 N–H and O–H groups in total. The van der Waals surface area contributed by atoms with Gasteiger partial charge in [-0.1, -0.05) is 98.8 Å². The molecule has 0 fully saturated rings. The molecular formula is C26H50O4. The van der Waals surface area contributed by atoms with Gasteiger partial charge in [0.2, 0.25) is 0 Å². The summed E-state index contributed by atoms with van der Waals surface area (Å²) in [6, 6.07) is 0.